The molecular formula is C22H20N4O7. The molecule has 3 aromatic rings. The minimum Gasteiger partial charge on any atom is -0.492 e. The first-order valence-electron chi connectivity index (χ1n) is 9.82. The number of nitro groups is 1. The van der Waals surface area contributed by atoms with Gasteiger partial charge in [-0.25, -0.2) is 9.48 Å². The Morgan fingerprint density at radius 3 is 2.58 bits per heavy atom. The Kier molecular flexibility index (Phi) is 7.47. The van der Waals surface area contributed by atoms with Gasteiger partial charge in [0, 0.05) is 12.1 Å². The summed E-state index contributed by atoms with van der Waals surface area (Å²) in [5, 5.41) is 17.5. The predicted molar refractivity (Wildman–Crippen MR) is 117 cm³/mol. The minimum absolute atomic E-state index is 0.0219. The van der Waals surface area contributed by atoms with E-state index in [4.69, 9.17) is 9.47 Å². The number of aromatic nitrogens is 2. The van der Waals surface area contributed by atoms with Crippen LogP contribution < -0.4 is 15.6 Å². The Bertz CT molecular complexity index is 1220. The number of rotatable bonds is 9. The van der Waals surface area contributed by atoms with E-state index in [0.717, 1.165) is 10.7 Å². The SMILES string of the molecule is Cc1cccc([N+](=O)[O-])c1NC(=O)COC(=O)c1ccc(=O)n(CCOc2ccccc2)n1. The Hall–Kier alpha value is -4.54. The van der Waals surface area contributed by atoms with Gasteiger partial charge in [-0.2, -0.15) is 5.10 Å². The van der Waals surface area contributed by atoms with Crippen LogP contribution in [0.3, 0.4) is 0 Å². The fourth-order valence-corrected chi connectivity index (χ4v) is 2.83. The van der Waals surface area contributed by atoms with Crippen LogP contribution in [0.4, 0.5) is 11.4 Å². The van der Waals surface area contributed by atoms with Crippen LogP contribution in [0, 0.1) is 17.0 Å². The minimum atomic E-state index is -0.929. The fraction of sp³-hybridized carbons (Fsp3) is 0.182. The van der Waals surface area contributed by atoms with Crippen LogP contribution in [-0.2, 0) is 16.1 Å². The van der Waals surface area contributed by atoms with E-state index in [0.29, 0.717) is 11.3 Å². The van der Waals surface area contributed by atoms with E-state index in [-0.39, 0.29) is 30.2 Å². The molecule has 11 heteroatoms. The molecule has 0 saturated carbocycles. The standard InChI is InChI=1S/C22H20N4O7/c1-15-6-5-9-18(26(30)31)21(15)23-19(27)14-33-22(29)17-10-11-20(28)25(24-17)12-13-32-16-7-3-2-4-8-16/h2-11H,12-14H2,1H3,(H,23,27). The van der Waals surface area contributed by atoms with Gasteiger partial charge in [-0.05, 0) is 30.7 Å². The monoisotopic (exact) mass is 452 g/mol. The molecule has 1 heterocycles. The highest BCUT2D eigenvalue weighted by atomic mass is 16.6. The third-order valence-electron chi connectivity index (χ3n) is 4.44. The number of benzene rings is 2. The second kappa shape index (κ2) is 10.7. The number of nitro benzene ring substituents is 1. The first-order valence-corrected chi connectivity index (χ1v) is 9.82. The Balaban J connectivity index is 1.58. The zero-order chi connectivity index (χ0) is 23.8. The summed E-state index contributed by atoms with van der Waals surface area (Å²) in [6.07, 6.45) is 0. The molecule has 11 nitrogen and oxygen atoms in total. The number of nitrogens with one attached hydrogen (secondary N) is 1. The van der Waals surface area contributed by atoms with Crippen molar-refractivity contribution in [2.24, 2.45) is 0 Å². The molecule has 0 unspecified atom stereocenters. The van der Waals surface area contributed by atoms with Crippen LogP contribution in [0.25, 0.3) is 0 Å². The lowest BCUT2D eigenvalue weighted by Gasteiger charge is -2.10. The molecule has 33 heavy (non-hydrogen) atoms. The molecule has 0 fully saturated rings. The van der Waals surface area contributed by atoms with Crippen LogP contribution in [0.1, 0.15) is 16.1 Å². The molecule has 1 amide bonds. The average Bonchev–Trinajstić information content (AvgIpc) is 2.80. The van der Waals surface area contributed by atoms with Gasteiger partial charge in [0.1, 0.15) is 18.0 Å². The topological polar surface area (TPSA) is 143 Å². The van der Waals surface area contributed by atoms with Gasteiger partial charge >= 0.3 is 5.97 Å². The molecule has 1 N–H and O–H groups in total. The lowest BCUT2D eigenvalue weighted by molar-refractivity contribution is -0.384. The van der Waals surface area contributed by atoms with Crippen molar-refractivity contribution in [2.75, 3.05) is 18.5 Å². The van der Waals surface area contributed by atoms with Crippen LogP contribution in [-0.4, -0.2) is 39.8 Å². The van der Waals surface area contributed by atoms with Crippen molar-refractivity contribution in [3.63, 3.8) is 0 Å². The Morgan fingerprint density at radius 1 is 1.09 bits per heavy atom. The van der Waals surface area contributed by atoms with E-state index in [9.17, 15) is 24.5 Å². The maximum atomic E-state index is 12.3. The number of para-hydroxylation sites is 2. The van der Waals surface area contributed by atoms with E-state index >= 15 is 0 Å². The fourth-order valence-electron chi connectivity index (χ4n) is 2.83. The van der Waals surface area contributed by atoms with E-state index in [1.165, 1.54) is 18.2 Å². The second-order valence-electron chi connectivity index (χ2n) is 6.79. The van der Waals surface area contributed by atoms with E-state index < -0.39 is 29.0 Å². The van der Waals surface area contributed by atoms with E-state index in [1.807, 2.05) is 18.2 Å². The van der Waals surface area contributed by atoms with E-state index in [1.54, 1.807) is 25.1 Å². The quantitative estimate of drug-likeness (QED) is 0.296. The maximum Gasteiger partial charge on any atom is 0.359 e. The van der Waals surface area contributed by atoms with E-state index in [2.05, 4.69) is 10.4 Å². The molecule has 2 aromatic carbocycles. The summed E-state index contributed by atoms with van der Waals surface area (Å²) < 4.78 is 11.5. The predicted octanol–water partition coefficient (Wildman–Crippen LogP) is 2.33. The average molecular weight is 452 g/mol. The van der Waals surface area contributed by atoms with Crippen LogP contribution >= 0.6 is 0 Å². The van der Waals surface area contributed by atoms with Gasteiger partial charge in [0.05, 0.1) is 11.5 Å². The molecule has 3 rings (SSSR count). The third kappa shape index (κ3) is 6.23. The van der Waals surface area contributed by atoms with Crippen molar-refractivity contribution in [3.8, 4) is 5.75 Å². The highest BCUT2D eigenvalue weighted by molar-refractivity contribution is 5.97. The number of hydrogen-bond acceptors (Lipinski definition) is 8. The second-order valence-corrected chi connectivity index (χ2v) is 6.79. The van der Waals surface area contributed by atoms with Gasteiger partial charge in [-0.3, -0.25) is 19.7 Å². The lowest BCUT2D eigenvalue weighted by Crippen LogP contribution is -2.28. The molecule has 0 bridgehead atoms. The zero-order valence-corrected chi connectivity index (χ0v) is 17.6. The number of carbonyl (C=O) groups excluding carboxylic acids is 2. The normalized spacial score (nSPS) is 10.3. The number of aryl methyl sites for hydroxylation is 1. The first kappa shape index (κ1) is 23.1. The van der Waals surface area contributed by atoms with Crippen molar-refractivity contribution in [3.05, 3.63) is 92.4 Å². The molecule has 0 aliphatic rings. The summed E-state index contributed by atoms with van der Waals surface area (Å²) in [4.78, 5) is 47.0. The molecule has 0 radical (unpaired) electrons. The number of hydrogen-bond donors (Lipinski definition) is 1. The molecule has 0 aliphatic carbocycles. The van der Waals surface area contributed by atoms with Gasteiger partial charge in [0.25, 0.3) is 17.2 Å². The molecule has 170 valence electrons. The van der Waals surface area contributed by atoms with Crippen molar-refractivity contribution >= 4 is 23.3 Å². The highest BCUT2D eigenvalue weighted by Gasteiger charge is 2.19. The third-order valence-corrected chi connectivity index (χ3v) is 4.44. The molecular weight excluding hydrogens is 432 g/mol. The maximum absolute atomic E-state index is 12.3. The number of carbonyl (C=O) groups is 2. The smallest absolute Gasteiger partial charge is 0.359 e. The van der Waals surface area contributed by atoms with Gasteiger partial charge < -0.3 is 14.8 Å². The van der Waals surface area contributed by atoms with Crippen molar-refractivity contribution in [2.45, 2.75) is 13.5 Å². The molecule has 0 atom stereocenters. The largest absolute Gasteiger partial charge is 0.492 e. The summed E-state index contributed by atoms with van der Waals surface area (Å²) in [7, 11) is 0. The van der Waals surface area contributed by atoms with Crippen LogP contribution in [0.2, 0.25) is 0 Å². The van der Waals surface area contributed by atoms with Gasteiger partial charge in [-0.1, -0.05) is 30.3 Å². The lowest BCUT2D eigenvalue weighted by atomic mass is 10.1. The summed E-state index contributed by atoms with van der Waals surface area (Å²) in [6.45, 7) is 1.14. The molecule has 0 spiro atoms. The number of esters is 1. The molecule has 0 aliphatic heterocycles. The Labute approximate surface area is 187 Å². The van der Waals surface area contributed by atoms with Gasteiger partial charge in [0.15, 0.2) is 12.3 Å². The van der Waals surface area contributed by atoms with Crippen LogP contribution in [0.5, 0.6) is 5.75 Å². The van der Waals surface area contributed by atoms with Crippen LogP contribution in [0.15, 0.2) is 65.5 Å². The summed E-state index contributed by atoms with van der Waals surface area (Å²) in [6, 6.07) is 15.7. The van der Waals surface area contributed by atoms with Crippen molar-refractivity contribution < 1.29 is 24.0 Å². The first-order chi connectivity index (χ1) is 15.8. The number of nitrogens with zero attached hydrogens (tertiary/aromatic N) is 3. The molecule has 1 aromatic heterocycles. The van der Waals surface area contributed by atoms with Crippen molar-refractivity contribution in [1.29, 1.82) is 0 Å². The number of anilines is 1. The van der Waals surface area contributed by atoms with Crippen molar-refractivity contribution in [1.82, 2.24) is 9.78 Å². The molecule has 0 saturated heterocycles. The van der Waals surface area contributed by atoms with Gasteiger partial charge in [-0.15, -0.1) is 0 Å². The summed E-state index contributed by atoms with van der Waals surface area (Å²) in [5.41, 5.74) is -0.387. The highest BCUT2D eigenvalue weighted by Crippen LogP contribution is 2.27. The Morgan fingerprint density at radius 2 is 1.85 bits per heavy atom. The summed E-state index contributed by atoms with van der Waals surface area (Å²) >= 11 is 0. The van der Waals surface area contributed by atoms with Gasteiger partial charge in [0.2, 0.25) is 0 Å². The number of amides is 1. The number of ether oxygens (including phenoxy) is 2. The zero-order valence-electron chi connectivity index (χ0n) is 17.6. The summed E-state index contributed by atoms with van der Waals surface area (Å²) in [5.74, 6) is -1.06.